The molecular weight excluding hydrogens is 464 g/mol. The van der Waals surface area contributed by atoms with Gasteiger partial charge in [0.2, 0.25) is 0 Å². The molecule has 0 bridgehead atoms. The molecule has 0 aliphatic heterocycles. The molecule has 0 saturated carbocycles. The van der Waals surface area contributed by atoms with Gasteiger partial charge in [-0.3, -0.25) is 0 Å². The van der Waals surface area contributed by atoms with Gasteiger partial charge >= 0.3 is 0 Å². The van der Waals surface area contributed by atoms with Crippen LogP contribution in [0, 0.1) is 0 Å². The monoisotopic (exact) mass is 492 g/mol. The smallest absolute Gasteiger partial charge is 0.123 e. The third-order valence-corrected chi connectivity index (χ3v) is 8.82. The summed E-state index contributed by atoms with van der Waals surface area (Å²) in [5, 5.41) is 7.72. The van der Waals surface area contributed by atoms with E-state index in [2.05, 4.69) is 84.9 Å². The first-order valence-electron chi connectivity index (χ1n) is 13.5. The standard InChI is InChI=1S/C36H28O2/c1-37-30-19-25-20-31(38-2)29-18-16-24-14-12-22-8-4-6-10-27(22)33(24)36(29)34(25)35-28(30)17-15-23-13-11-21-7-3-5-9-26(21)32(23)35/h3-14,19-20H,15-18H2,1-2H3. The van der Waals surface area contributed by atoms with Gasteiger partial charge in [0, 0.05) is 11.1 Å². The topological polar surface area (TPSA) is 18.5 Å². The fourth-order valence-electron chi connectivity index (χ4n) is 7.18. The van der Waals surface area contributed by atoms with Crippen molar-refractivity contribution in [2.45, 2.75) is 25.7 Å². The molecule has 6 aromatic rings. The molecule has 0 radical (unpaired) electrons. The number of rotatable bonds is 2. The van der Waals surface area contributed by atoms with Crippen molar-refractivity contribution < 1.29 is 9.47 Å². The maximum Gasteiger partial charge on any atom is 0.123 e. The molecule has 2 nitrogen and oxygen atoms in total. The van der Waals surface area contributed by atoms with E-state index in [0.29, 0.717) is 0 Å². The van der Waals surface area contributed by atoms with Gasteiger partial charge < -0.3 is 9.47 Å². The van der Waals surface area contributed by atoms with Gasteiger partial charge in [0.05, 0.1) is 14.2 Å². The van der Waals surface area contributed by atoms with Crippen LogP contribution in [0.2, 0.25) is 0 Å². The quantitative estimate of drug-likeness (QED) is 0.241. The molecule has 38 heavy (non-hydrogen) atoms. The second kappa shape index (κ2) is 8.10. The molecule has 0 spiro atoms. The Kier molecular flexibility index (Phi) is 4.64. The van der Waals surface area contributed by atoms with Crippen LogP contribution in [0.25, 0.3) is 54.6 Å². The van der Waals surface area contributed by atoms with Crippen LogP contribution in [-0.4, -0.2) is 14.2 Å². The van der Waals surface area contributed by atoms with Crippen LogP contribution in [0.5, 0.6) is 11.5 Å². The Labute approximate surface area is 222 Å². The lowest BCUT2D eigenvalue weighted by Gasteiger charge is -2.30. The highest BCUT2D eigenvalue weighted by Crippen LogP contribution is 2.53. The average molecular weight is 493 g/mol. The molecular formula is C36H28O2. The number of benzene rings is 6. The molecule has 184 valence electrons. The summed E-state index contributed by atoms with van der Waals surface area (Å²) < 4.78 is 12.1. The Bertz CT molecular complexity index is 1810. The van der Waals surface area contributed by atoms with Gasteiger partial charge in [-0.15, -0.1) is 0 Å². The highest BCUT2D eigenvalue weighted by molar-refractivity contribution is 6.18. The Morgan fingerprint density at radius 3 is 1.42 bits per heavy atom. The largest absolute Gasteiger partial charge is 0.496 e. The molecule has 0 aromatic heterocycles. The van der Waals surface area contributed by atoms with Crippen molar-refractivity contribution >= 4 is 32.3 Å². The van der Waals surface area contributed by atoms with Crippen LogP contribution in [0.1, 0.15) is 22.3 Å². The highest BCUT2D eigenvalue weighted by Gasteiger charge is 2.30. The summed E-state index contributed by atoms with van der Waals surface area (Å²) in [6.07, 6.45) is 3.99. The van der Waals surface area contributed by atoms with Crippen molar-refractivity contribution in [1.29, 1.82) is 0 Å². The zero-order chi connectivity index (χ0) is 25.4. The number of hydrogen-bond acceptors (Lipinski definition) is 2. The summed E-state index contributed by atoms with van der Waals surface area (Å²) in [4.78, 5) is 0. The highest BCUT2D eigenvalue weighted by atomic mass is 16.5. The second-order valence-corrected chi connectivity index (χ2v) is 10.6. The zero-order valence-electron chi connectivity index (χ0n) is 21.7. The van der Waals surface area contributed by atoms with E-state index < -0.39 is 0 Å². The predicted molar refractivity (Wildman–Crippen MR) is 158 cm³/mol. The molecule has 0 atom stereocenters. The van der Waals surface area contributed by atoms with E-state index in [1.165, 1.54) is 76.8 Å². The van der Waals surface area contributed by atoms with Gasteiger partial charge in [-0.2, -0.15) is 0 Å². The third kappa shape index (κ3) is 2.89. The van der Waals surface area contributed by atoms with Crippen LogP contribution in [-0.2, 0) is 25.7 Å². The number of ether oxygens (including phenoxy) is 2. The summed E-state index contributed by atoms with van der Waals surface area (Å²) in [6, 6.07) is 31.4. The lowest BCUT2D eigenvalue weighted by Crippen LogP contribution is -2.11. The fourth-order valence-corrected chi connectivity index (χ4v) is 7.18. The van der Waals surface area contributed by atoms with E-state index in [-0.39, 0.29) is 0 Å². The van der Waals surface area contributed by atoms with Gasteiger partial charge in [0.25, 0.3) is 0 Å². The average Bonchev–Trinajstić information content (AvgIpc) is 2.98. The lowest BCUT2D eigenvalue weighted by molar-refractivity contribution is 0.408. The van der Waals surface area contributed by atoms with Crippen molar-refractivity contribution in [1.82, 2.24) is 0 Å². The third-order valence-electron chi connectivity index (χ3n) is 8.82. The van der Waals surface area contributed by atoms with Crippen molar-refractivity contribution in [3.05, 3.63) is 107 Å². The van der Waals surface area contributed by atoms with Gasteiger partial charge in [0.1, 0.15) is 11.5 Å². The molecule has 0 amide bonds. The van der Waals surface area contributed by atoms with Crippen LogP contribution in [0.15, 0.2) is 84.9 Å². The van der Waals surface area contributed by atoms with Gasteiger partial charge in [-0.1, -0.05) is 72.8 Å². The summed E-state index contributed by atoms with van der Waals surface area (Å²) >= 11 is 0. The SMILES string of the molecule is COc1cc2cc(OC)c3c(c2c2c1CCc1ccc4ccccc4c1-2)-c1c(ccc2ccccc12)CC3. The van der Waals surface area contributed by atoms with Gasteiger partial charge in [0.15, 0.2) is 0 Å². The Hall–Kier alpha value is -4.30. The van der Waals surface area contributed by atoms with Gasteiger partial charge in [-0.25, -0.2) is 0 Å². The number of hydrogen-bond donors (Lipinski definition) is 0. The minimum absolute atomic E-state index is 0.974. The van der Waals surface area contributed by atoms with Crippen LogP contribution < -0.4 is 9.47 Å². The van der Waals surface area contributed by atoms with E-state index in [0.717, 1.165) is 37.2 Å². The van der Waals surface area contributed by atoms with Crippen molar-refractivity contribution in [2.24, 2.45) is 0 Å². The minimum Gasteiger partial charge on any atom is -0.496 e. The molecule has 0 unspecified atom stereocenters. The van der Waals surface area contributed by atoms with Crippen molar-refractivity contribution in [3.8, 4) is 33.8 Å². The van der Waals surface area contributed by atoms with E-state index in [1.807, 2.05) is 0 Å². The summed E-state index contributed by atoms with van der Waals surface area (Å²) in [5.41, 5.74) is 10.9. The van der Waals surface area contributed by atoms with Crippen LogP contribution in [0.4, 0.5) is 0 Å². The molecule has 0 N–H and O–H groups in total. The molecule has 0 heterocycles. The lowest BCUT2D eigenvalue weighted by atomic mass is 9.74. The molecule has 0 fully saturated rings. The maximum atomic E-state index is 6.06. The summed E-state index contributed by atoms with van der Waals surface area (Å²) in [7, 11) is 3.61. The Morgan fingerprint density at radius 1 is 0.474 bits per heavy atom. The number of fused-ring (bicyclic) bond motifs is 13. The van der Waals surface area contributed by atoms with E-state index in [9.17, 15) is 0 Å². The molecule has 8 rings (SSSR count). The summed E-state index contributed by atoms with van der Waals surface area (Å²) in [6.45, 7) is 0. The van der Waals surface area contributed by atoms with Gasteiger partial charge in [-0.05, 0) is 104 Å². The molecule has 2 aliphatic carbocycles. The first-order valence-corrected chi connectivity index (χ1v) is 13.5. The van der Waals surface area contributed by atoms with Crippen molar-refractivity contribution in [2.75, 3.05) is 14.2 Å². The molecule has 0 saturated heterocycles. The Morgan fingerprint density at radius 2 is 0.947 bits per heavy atom. The normalized spacial score (nSPS) is 13.6. The Balaban J connectivity index is 1.63. The summed E-state index contributed by atoms with van der Waals surface area (Å²) in [5.74, 6) is 1.95. The first kappa shape index (κ1) is 21.8. The first-order chi connectivity index (χ1) is 18.8. The van der Waals surface area contributed by atoms with E-state index in [4.69, 9.17) is 9.47 Å². The van der Waals surface area contributed by atoms with Crippen molar-refractivity contribution in [3.63, 3.8) is 0 Å². The fraction of sp³-hybridized carbons (Fsp3) is 0.167. The number of aryl methyl sites for hydroxylation is 2. The molecule has 2 aliphatic rings. The van der Waals surface area contributed by atoms with Crippen LogP contribution in [0.3, 0.4) is 0 Å². The maximum absolute atomic E-state index is 6.06. The predicted octanol–water partition coefficient (Wildman–Crippen LogP) is 8.69. The number of methoxy groups -OCH3 is 2. The van der Waals surface area contributed by atoms with Crippen LogP contribution >= 0.6 is 0 Å². The zero-order valence-corrected chi connectivity index (χ0v) is 21.7. The molecule has 6 aromatic carbocycles. The minimum atomic E-state index is 0.974. The van der Waals surface area contributed by atoms with E-state index in [1.54, 1.807) is 14.2 Å². The van der Waals surface area contributed by atoms with E-state index >= 15 is 0 Å². The second-order valence-electron chi connectivity index (χ2n) is 10.6. The molecule has 2 heteroatoms.